The third-order valence-electron chi connectivity index (χ3n) is 1.83. The molecular formula is C9H7BrN2O. The molecule has 0 saturated heterocycles. The van der Waals surface area contributed by atoms with Crippen LogP contribution >= 0.6 is 15.9 Å². The Hall–Kier alpha value is -1.16. The molecule has 1 heterocycles. The molecule has 0 atom stereocenters. The Morgan fingerprint density at radius 3 is 3.00 bits per heavy atom. The standard InChI is InChI=1S/C9H7BrN2O/c1-6(13)12-9-4-8(10)3-2-7(9)5-11-12/h2-5H,1H3. The van der Waals surface area contributed by atoms with E-state index < -0.39 is 0 Å². The maximum atomic E-state index is 11.1. The number of hydrogen-bond acceptors (Lipinski definition) is 2. The molecule has 2 rings (SSSR count). The number of carbonyl (C=O) groups is 1. The minimum Gasteiger partial charge on any atom is -0.273 e. The van der Waals surface area contributed by atoms with Crippen LogP contribution in [0.3, 0.4) is 0 Å². The zero-order valence-corrected chi connectivity index (χ0v) is 8.58. The molecule has 0 aliphatic heterocycles. The van der Waals surface area contributed by atoms with Crippen LogP contribution in [-0.4, -0.2) is 15.7 Å². The summed E-state index contributed by atoms with van der Waals surface area (Å²) in [6.07, 6.45) is 1.68. The lowest BCUT2D eigenvalue weighted by Gasteiger charge is -1.96. The van der Waals surface area contributed by atoms with E-state index >= 15 is 0 Å². The molecule has 0 bridgehead atoms. The smallest absolute Gasteiger partial charge is 0.244 e. The number of rotatable bonds is 0. The molecule has 0 amide bonds. The average molecular weight is 239 g/mol. The van der Waals surface area contributed by atoms with Crippen LogP contribution in [0.15, 0.2) is 28.9 Å². The molecule has 13 heavy (non-hydrogen) atoms. The van der Waals surface area contributed by atoms with Gasteiger partial charge in [0.1, 0.15) is 0 Å². The van der Waals surface area contributed by atoms with Crippen molar-refractivity contribution in [2.75, 3.05) is 0 Å². The summed E-state index contributed by atoms with van der Waals surface area (Å²) in [7, 11) is 0. The van der Waals surface area contributed by atoms with Gasteiger partial charge in [0.2, 0.25) is 5.91 Å². The van der Waals surface area contributed by atoms with Gasteiger partial charge in [-0.2, -0.15) is 5.10 Å². The highest BCUT2D eigenvalue weighted by atomic mass is 79.9. The van der Waals surface area contributed by atoms with Crippen molar-refractivity contribution in [1.82, 2.24) is 9.78 Å². The Bertz CT molecular complexity index is 475. The van der Waals surface area contributed by atoms with Crippen LogP contribution in [0.2, 0.25) is 0 Å². The molecule has 0 radical (unpaired) electrons. The van der Waals surface area contributed by atoms with Crippen molar-refractivity contribution in [3.05, 3.63) is 28.9 Å². The van der Waals surface area contributed by atoms with Crippen molar-refractivity contribution in [1.29, 1.82) is 0 Å². The normalized spacial score (nSPS) is 10.6. The summed E-state index contributed by atoms with van der Waals surface area (Å²) in [5.74, 6) is -0.0758. The van der Waals surface area contributed by atoms with Crippen LogP contribution in [0.1, 0.15) is 11.7 Å². The highest BCUT2D eigenvalue weighted by Crippen LogP contribution is 2.19. The Balaban J connectivity index is 2.79. The molecule has 0 unspecified atom stereocenters. The first-order chi connectivity index (χ1) is 6.18. The van der Waals surface area contributed by atoms with E-state index in [-0.39, 0.29) is 5.91 Å². The Morgan fingerprint density at radius 1 is 1.54 bits per heavy atom. The molecule has 0 fully saturated rings. The van der Waals surface area contributed by atoms with Crippen molar-refractivity contribution < 1.29 is 4.79 Å². The summed E-state index contributed by atoms with van der Waals surface area (Å²) in [4.78, 5) is 11.1. The second-order valence-corrected chi connectivity index (χ2v) is 3.69. The summed E-state index contributed by atoms with van der Waals surface area (Å²) in [6, 6.07) is 5.73. The van der Waals surface area contributed by atoms with E-state index in [1.807, 2.05) is 18.2 Å². The number of benzene rings is 1. The molecule has 0 saturated carbocycles. The summed E-state index contributed by atoms with van der Waals surface area (Å²) in [5, 5.41) is 4.95. The van der Waals surface area contributed by atoms with E-state index in [0.29, 0.717) is 0 Å². The fourth-order valence-corrected chi connectivity index (χ4v) is 1.59. The van der Waals surface area contributed by atoms with Gasteiger partial charge in [-0.05, 0) is 12.1 Å². The molecule has 0 N–H and O–H groups in total. The molecule has 4 heteroatoms. The largest absolute Gasteiger partial charge is 0.273 e. The van der Waals surface area contributed by atoms with Gasteiger partial charge < -0.3 is 0 Å². The van der Waals surface area contributed by atoms with E-state index in [4.69, 9.17) is 0 Å². The maximum absolute atomic E-state index is 11.1. The first kappa shape index (κ1) is 8.44. The van der Waals surface area contributed by atoms with Gasteiger partial charge in [0.05, 0.1) is 11.7 Å². The Labute approximate surface area is 83.5 Å². The zero-order chi connectivity index (χ0) is 9.42. The van der Waals surface area contributed by atoms with Gasteiger partial charge in [-0.25, -0.2) is 4.68 Å². The Kier molecular flexibility index (Phi) is 1.92. The van der Waals surface area contributed by atoms with Crippen LogP contribution in [-0.2, 0) is 0 Å². The van der Waals surface area contributed by atoms with Gasteiger partial charge >= 0.3 is 0 Å². The minimum atomic E-state index is -0.0758. The number of fused-ring (bicyclic) bond motifs is 1. The second-order valence-electron chi connectivity index (χ2n) is 2.78. The van der Waals surface area contributed by atoms with Crippen LogP contribution in [0, 0.1) is 0 Å². The minimum absolute atomic E-state index is 0.0758. The fraction of sp³-hybridized carbons (Fsp3) is 0.111. The van der Waals surface area contributed by atoms with Gasteiger partial charge in [0.15, 0.2) is 0 Å². The zero-order valence-electron chi connectivity index (χ0n) is 6.99. The van der Waals surface area contributed by atoms with E-state index in [2.05, 4.69) is 21.0 Å². The summed E-state index contributed by atoms with van der Waals surface area (Å²) < 4.78 is 2.34. The predicted octanol–water partition coefficient (Wildman–Crippen LogP) is 2.46. The van der Waals surface area contributed by atoms with Crippen molar-refractivity contribution in [3.8, 4) is 0 Å². The number of aromatic nitrogens is 2. The monoisotopic (exact) mass is 238 g/mol. The number of halogens is 1. The summed E-state index contributed by atoms with van der Waals surface area (Å²) in [6.45, 7) is 1.49. The van der Waals surface area contributed by atoms with Crippen LogP contribution in [0.4, 0.5) is 0 Å². The van der Waals surface area contributed by atoms with Crippen LogP contribution < -0.4 is 0 Å². The molecular weight excluding hydrogens is 232 g/mol. The van der Waals surface area contributed by atoms with Gasteiger partial charge in [-0.3, -0.25) is 4.79 Å². The van der Waals surface area contributed by atoms with Crippen molar-refractivity contribution in [3.63, 3.8) is 0 Å². The molecule has 2 aromatic rings. The molecule has 3 nitrogen and oxygen atoms in total. The summed E-state index contributed by atoms with van der Waals surface area (Å²) >= 11 is 3.35. The van der Waals surface area contributed by atoms with E-state index in [1.54, 1.807) is 6.20 Å². The molecule has 66 valence electrons. The van der Waals surface area contributed by atoms with Gasteiger partial charge in [-0.15, -0.1) is 0 Å². The molecule has 1 aromatic carbocycles. The fourth-order valence-electron chi connectivity index (χ4n) is 1.24. The Morgan fingerprint density at radius 2 is 2.31 bits per heavy atom. The molecule has 0 aliphatic carbocycles. The van der Waals surface area contributed by atoms with E-state index in [1.165, 1.54) is 11.6 Å². The van der Waals surface area contributed by atoms with E-state index in [0.717, 1.165) is 15.4 Å². The predicted molar refractivity (Wildman–Crippen MR) is 53.7 cm³/mol. The lowest BCUT2D eigenvalue weighted by atomic mass is 10.2. The molecule has 1 aromatic heterocycles. The maximum Gasteiger partial charge on any atom is 0.244 e. The lowest BCUT2D eigenvalue weighted by molar-refractivity contribution is 0.0927. The van der Waals surface area contributed by atoms with Crippen molar-refractivity contribution in [2.24, 2.45) is 0 Å². The highest BCUT2D eigenvalue weighted by Gasteiger charge is 2.05. The SMILES string of the molecule is CC(=O)n1ncc2ccc(Br)cc21. The summed E-state index contributed by atoms with van der Waals surface area (Å²) in [5.41, 5.74) is 0.835. The van der Waals surface area contributed by atoms with Gasteiger partial charge in [0.25, 0.3) is 0 Å². The molecule has 0 spiro atoms. The first-order valence-electron chi connectivity index (χ1n) is 3.83. The second kappa shape index (κ2) is 2.96. The van der Waals surface area contributed by atoms with E-state index in [9.17, 15) is 4.79 Å². The van der Waals surface area contributed by atoms with Crippen molar-refractivity contribution in [2.45, 2.75) is 6.92 Å². The molecule has 0 aliphatic rings. The van der Waals surface area contributed by atoms with Crippen molar-refractivity contribution >= 4 is 32.7 Å². The quantitative estimate of drug-likeness (QED) is 0.707. The third kappa shape index (κ3) is 1.37. The van der Waals surface area contributed by atoms with Crippen LogP contribution in [0.5, 0.6) is 0 Å². The van der Waals surface area contributed by atoms with Gasteiger partial charge in [-0.1, -0.05) is 22.0 Å². The number of nitrogens with zero attached hydrogens (tertiary/aromatic N) is 2. The number of hydrogen-bond donors (Lipinski definition) is 0. The highest BCUT2D eigenvalue weighted by molar-refractivity contribution is 9.10. The third-order valence-corrected chi connectivity index (χ3v) is 2.32. The van der Waals surface area contributed by atoms with Crippen LogP contribution in [0.25, 0.3) is 10.9 Å². The number of carbonyl (C=O) groups excluding carboxylic acids is 1. The lowest BCUT2D eigenvalue weighted by Crippen LogP contribution is -2.06. The first-order valence-corrected chi connectivity index (χ1v) is 4.62. The topological polar surface area (TPSA) is 34.9 Å². The average Bonchev–Trinajstić information content (AvgIpc) is 2.46. The van der Waals surface area contributed by atoms with Gasteiger partial charge in [0, 0.05) is 16.8 Å².